The Balaban J connectivity index is 1.71. The van der Waals surface area contributed by atoms with E-state index >= 15 is 0 Å². The average molecular weight is 439 g/mol. The lowest BCUT2D eigenvalue weighted by Crippen LogP contribution is -2.03. The molecule has 0 radical (unpaired) electrons. The lowest BCUT2D eigenvalue weighted by molar-refractivity contribution is 0.926. The van der Waals surface area contributed by atoms with Gasteiger partial charge in [-0.05, 0) is 48.7 Å². The molecule has 0 saturated heterocycles. The average Bonchev–Trinajstić information content (AvgIpc) is 3.17. The van der Waals surface area contributed by atoms with Crippen LogP contribution in [0.5, 0.6) is 0 Å². The highest BCUT2D eigenvalue weighted by atomic mass is 35.5. The van der Waals surface area contributed by atoms with Gasteiger partial charge >= 0.3 is 0 Å². The Morgan fingerprint density at radius 1 is 0.875 bits per heavy atom. The number of aromatic nitrogens is 3. The molecule has 0 unspecified atom stereocenters. The summed E-state index contributed by atoms with van der Waals surface area (Å²) in [5.74, 6) is 0.862. The Bertz CT molecular complexity index is 1370. The van der Waals surface area contributed by atoms with Gasteiger partial charge in [0.05, 0.1) is 11.4 Å². The Morgan fingerprint density at radius 2 is 1.59 bits per heavy atom. The molecule has 5 aromatic rings. The summed E-state index contributed by atoms with van der Waals surface area (Å²) < 4.78 is 1.89. The number of hydrogen-bond acceptors (Lipinski definition) is 3. The van der Waals surface area contributed by atoms with Crippen LogP contribution in [0.25, 0.3) is 28.0 Å². The Morgan fingerprint density at radius 3 is 2.28 bits per heavy atom. The van der Waals surface area contributed by atoms with Gasteiger partial charge in [-0.25, -0.2) is 4.98 Å². The molecular formula is C27H23ClN4. The van der Waals surface area contributed by atoms with E-state index in [9.17, 15) is 0 Å². The van der Waals surface area contributed by atoms with Crippen molar-refractivity contribution in [3.8, 4) is 22.4 Å². The van der Waals surface area contributed by atoms with Gasteiger partial charge in [0.1, 0.15) is 5.82 Å². The van der Waals surface area contributed by atoms with E-state index in [0.29, 0.717) is 5.02 Å². The van der Waals surface area contributed by atoms with Crippen LogP contribution in [-0.2, 0) is 6.42 Å². The summed E-state index contributed by atoms with van der Waals surface area (Å²) in [6.45, 7) is 4.17. The zero-order valence-electron chi connectivity index (χ0n) is 18.0. The van der Waals surface area contributed by atoms with E-state index in [1.54, 1.807) is 0 Å². The molecule has 32 heavy (non-hydrogen) atoms. The second-order valence-corrected chi connectivity index (χ2v) is 8.21. The van der Waals surface area contributed by atoms with Crippen molar-refractivity contribution in [1.82, 2.24) is 14.6 Å². The molecule has 0 fully saturated rings. The molecule has 0 saturated carbocycles. The normalized spacial score (nSPS) is 11.1. The largest absolute Gasteiger partial charge is 0.340 e. The number of fused-ring (bicyclic) bond motifs is 1. The van der Waals surface area contributed by atoms with Crippen LogP contribution in [0.3, 0.4) is 0 Å². The zero-order valence-corrected chi connectivity index (χ0v) is 18.8. The summed E-state index contributed by atoms with van der Waals surface area (Å²) in [6, 6.07) is 28.6. The Kier molecular flexibility index (Phi) is 5.38. The minimum absolute atomic E-state index is 0.707. The zero-order chi connectivity index (χ0) is 22.1. The lowest BCUT2D eigenvalue weighted by atomic mass is 10.1. The summed E-state index contributed by atoms with van der Waals surface area (Å²) in [4.78, 5) is 5.02. The first kappa shape index (κ1) is 20.3. The molecule has 0 bridgehead atoms. The van der Waals surface area contributed by atoms with E-state index in [1.165, 1.54) is 5.56 Å². The number of anilines is 2. The molecule has 0 amide bonds. The Hall–Kier alpha value is -3.63. The maximum atomic E-state index is 6.13. The number of nitrogens with zero attached hydrogens (tertiary/aromatic N) is 3. The molecular weight excluding hydrogens is 416 g/mol. The van der Waals surface area contributed by atoms with Gasteiger partial charge in [-0.3, -0.25) is 0 Å². The predicted octanol–water partition coefficient (Wildman–Crippen LogP) is 7.33. The third kappa shape index (κ3) is 3.85. The predicted molar refractivity (Wildman–Crippen MR) is 133 cm³/mol. The molecule has 0 aliphatic carbocycles. The number of hydrogen-bond donors (Lipinski definition) is 1. The minimum atomic E-state index is 0.707. The third-order valence-electron chi connectivity index (χ3n) is 5.60. The molecule has 5 rings (SSSR count). The van der Waals surface area contributed by atoms with Crippen LogP contribution in [-0.4, -0.2) is 14.6 Å². The number of benzene rings is 3. The smallest absolute Gasteiger partial charge is 0.166 e. The molecule has 0 spiro atoms. The fourth-order valence-electron chi connectivity index (χ4n) is 3.90. The number of rotatable bonds is 5. The maximum Gasteiger partial charge on any atom is 0.166 e. The van der Waals surface area contributed by atoms with Crippen molar-refractivity contribution < 1.29 is 0 Å². The van der Waals surface area contributed by atoms with Gasteiger partial charge in [0, 0.05) is 27.9 Å². The first-order valence-corrected chi connectivity index (χ1v) is 11.1. The van der Waals surface area contributed by atoms with Crippen molar-refractivity contribution in [1.29, 1.82) is 0 Å². The fourth-order valence-corrected chi connectivity index (χ4v) is 4.02. The van der Waals surface area contributed by atoms with Gasteiger partial charge in [0.2, 0.25) is 0 Å². The van der Waals surface area contributed by atoms with Crippen LogP contribution in [0.2, 0.25) is 5.02 Å². The van der Waals surface area contributed by atoms with Crippen molar-refractivity contribution in [2.75, 3.05) is 5.32 Å². The van der Waals surface area contributed by atoms with E-state index in [-0.39, 0.29) is 0 Å². The topological polar surface area (TPSA) is 42.2 Å². The summed E-state index contributed by atoms with van der Waals surface area (Å²) in [5, 5.41) is 9.09. The first-order valence-electron chi connectivity index (χ1n) is 10.7. The van der Waals surface area contributed by atoms with Crippen LogP contribution >= 0.6 is 11.6 Å². The standard InChI is InChI=1S/C27H23ClN4/c1-3-19-9-15-23(16-10-19)29-25-17-24(20-7-5-4-6-8-20)30-27-26(18(2)31-32(25)27)21-11-13-22(28)14-12-21/h4-17,29H,3H2,1-2H3. The number of nitrogens with one attached hydrogen (secondary N) is 1. The lowest BCUT2D eigenvalue weighted by Gasteiger charge is -2.12. The fraction of sp³-hybridized carbons (Fsp3) is 0.111. The SMILES string of the molecule is CCc1ccc(Nc2cc(-c3ccccc3)nc3c(-c4ccc(Cl)cc4)c(C)nn23)cc1. The van der Waals surface area contributed by atoms with Crippen LogP contribution in [0, 0.1) is 6.92 Å². The molecule has 0 aliphatic heterocycles. The molecule has 158 valence electrons. The van der Waals surface area contributed by atoms with Gasteiger partial charge in [-0.2, -0.15) is 9.61 Å². The van der Waals surface area contributed by atoms with Crippen molar-refractivity contribution in [2.45, 2.75) is 20.3 Å². The van der Waals surface area contributed by atoms with Crippen molar-refractivity contribution in [2.24, 2.45) is 0 Å². The molecule has 3 aromatic carbocycles. The van der Waals surface area contributed by atoms with Crippen LogP contribution in [0.15, 0.2) is 84.9 Å². The van der Waals surface area contributed by atoms with Gasteiger partial charge in [-0.1, -0.05) is 73.1 Å². The molecule has 0 aliphatic rings. The molecule has 0 atom stereocenters. The summed E-state index contributed by atoms with van der Waals surface area (Å²) in [7, 11) is 0. The summed E-state index contributed by atoms with van der Waals surface area (Å²) in [6.07, 6.45) is 1.01. The van der Waals surface area contributed by atoms with Crippen molar-refractivity contribution >= 4 is 28.8 Å². The van der Waals surface area contributed by atoms with E-state index < -0.39 is 0 Å². The third-order valence-corrected chi connectivity index (χ3v) is 5.85. The molecule has 4 nitrogen and oxygen atoms in total. The Labute approximate surface area is 192 Å². The van der Waals surface area contributed by atoms with Crippen molar-refractivity contribution in [3.63, 3.8) is 0 Å². The highest BCUT2D eigenvalue weighted by Crippen LogP contribution is 2.33. The van der Waals surface area contributed by atoms with E-state index in [1.807, 2.05) is 60.0 Å². The highest BCUT2D eigenvalue weighted by Gasteiger charge is 2.17. The van der Waals surface area contributed by atoms with E-state index in [4.69, 9.17) is 21.7 Å². The molecule has 1 N–H and O–H groups in total. The van der Waals surface area contributed by atoms with Gasteiger partial charge in [0.15, 0.2) is 5.65 Å². The molecule has 5 heteroatoms. The van der Waals surface area contributed by atoms with Gasteiger partial charge in [0.25, 0.3) is 0 Å². The second-order valence-electron chi connectivity index (χ2n) is 7.77. The summed E-state index contributed by atoms with van der Waals surface area (Å²) in [5.41, 5.74) is 8.02. The van der Waals surface area contributed by atoms with E-state index in [2.05, 4.69) is 48.6 Å². The van der Waals surface area contributed by atoms with Crippen LogP contribution in [0.4, 0.5) is 11.5 Å². The molecule has 2 heterocycles. The quantitative estimate of drug-likeness (QED) is 0.312. The maximum absolute atomic E-state index is 6.13. The number of halogens is 1. The van der Waals surface area contributed by atoms with Crippen molar-refractivity contribution in [3.05, 3.63) is 101 Å². The van der Waals surface area contributed by atoms with Crippen LogP contribution in [0.1, 0.15) is 18.2 Å². The number of aryl methyl sites for hydroxylation is 2. The van der Waals surface area contributed by atoms with E-state index in [0.717, 1.165) is 51.7 Å². The second kappa shape index (κ2) is 8.48. The monoisotopic (exact) mass is 438 g/mol. The molecule has 2 aromatic heterocycles. The first-order chi connectivity index (χ1) is 15.6. The highest BCUT2D eigenvalue weighted by molar-refractivity contribution is 6.30. The summed E-state index contributed by atoms with van der Waals surface area (Å²) >= 11 is 6.13. The minimum Gasteiger partial charge on any atom is -0.340 e. The van der Waals surface area contributed by atoms with Gasteiger partial charge < -0.3 is 5.32 Å². The van der Waals surface area contributed by atoms with Crippen LogP contribution < -0.4 is 5.32 Å². The van der Waals surface area contributed by atoms with Gasteiger partial charge in [-0.15, -0.1) is 0 Å².